The van der Waals surface area contributed by atoms with Gasteiger partial charge in [-0.3, -0.25) is 15.0 Å². The standard InChI is InChI=1S/C39H40ClF3N8O3S/c1-38(8-9-38)33-30(47-33)36(52)46-19-5-11-51-20(13-19)6-12-53-31-26-29(48-37(49-35(26)51)54-17-39-7-2-10-50(39)16-18(41)14-39)28(43)25(27(31)40)21-3-4-23(42)32-24(21)22(15-44)34(45)55-32/h3-4,18-20,30,33,47H,2,5-14,16-17,45H2,1H3,(H,46,52)/t18-,19?,20?,30-,33-,39+/m1/s1. The van der Waals surface area contributed by atoms with E-state index >= 15 is 8.78 Å². The fraction of sp³-hybridized carbons (Fsp3) is 0.538. The molecule has 0 spiro atoms. The highest BCUT2D eigenvalue weighted by Gasteiger charge is 2.59. The van der Waals surface area contributed by atoms with Crippen molar-refractivity contribution in [1.29, 1.82) is 5.26 Å². The van der Waals surface area contributed by atoms with E-state index in [0.29, 0.717) is 44.6 Å². The van der Waals surface area contributed by atoms with Gasteiger partial charge in [0.1, 0.15) is 47.0 Å². The average Bonchev–Trinajstić information content (AvgIpc) is 4.02. The summed E-state index contributed by atoms with van der Waals surface area (Å²) < 4.78 is 60.1. The molecular formula is C39H40ClF3N8O3S. The molecule has 6 atom stereocenters. The number of halogens is 4. The number of fused-ring (bicyclic) bond motifs is 4. The van der Waals surface area contributed by atoms with Crippen LogP contribution in [0.5, 0.6) is 11.8 Å². The molecule has 4 N–H and O–H groups in total. The Morgan fingerprint density at radius 2 is 2.07 bits per heavy atom. The topological polar surface area (TPSA) is 152 Å². The summed E-state index contributed by atoms with van der Waals surface area (Å²) >= 11 is 8.04. The van der Waals surface area contributed by atoms with Crippen molar-refractivity contribution in [3.8, 4) is 29.0 Å². The van der Waals surface area contributed by atoms with Crippen molar-refractivity contribution in [1.82, 2.24) is 25.5 Å². The molecule has 55 heavy (non-hydrogen) atoms. The highest BCUT2D eigenvalue weighted by atomic mass is 35.5. The minimum absolute atomic E-state index is 0.0232. The van der Waals surface area contributed by atoms with E-state index in [1.165, 1.54) is 12.1 Å². The maximum Gasteiger partial charge on any atom is 0.319 e. The average molecular weight is 793 g/mol. The summed E-state index contributed by atoms with van der Waals surface area (Å²) in [6.45, 7) is 4.20. The van der Waals surface area contributed by atoms with Gasteiger partial charge in [0.05, 0.1) is 32.8 Å². The van der Waals surface area contributed by atoms with Gasteiger partial charge in [-0.05, 0) is 62.1 Å². The lowest BCUT2D eigenvalue weighted by Gasteiger charge is -2.42. The molecule has 10 rings (SSSR count). The number of rotatable bonds is 7. The Kier molecular flexibility index (Phi) is 8.16. The van der Waals surface area contributed by atoms with Crippen molar-refractivity contribution >= 4 is 60.7 Å². The van der Waals surface area contributed by atoms with Crippen LogP contribution in [-0.4, -0.2) is 89.5 Å². The number of thiophene rings is 1. The van der Waals surface area contributed by atoms with E-state index in [-0.39, 0.29) is 108 Å². The summed E-state index contributed by atoms with van der Waals surface area (Å²) in [6, 6.07) is 4.42. The Morgan fingerprint density at radius 1 is 1.24 bits per heavy atom. The molecule has 7 heterocycles. The van der Waals surface area contributed by atoms with Crippen LogP contribution in [0.25, 0.3) is 32.1 Å². The highest BCUT2D eigenvalue weighted by molar-refractivity contribution is 7.23. The lowest BCUT2D eigenvalue weighted by molar-refractivity contribution is -0.121. The number of aromatic nitrogens is 2. The van der Waals surface area contributed by atoms with Gasteiger partial charge in [-0.25, -0.2) is 13.2 Å². The number of amides is 1. The molecule has 0 bridgehead atoms. The van der Waals surface area contributed by atoms with Crippen LogP contribution in [0.1, 0.15) is 63.9 Å². The van der Waals surface area contributed by atoms with E-state index in [9.17, 15) is 14.4 Å². The number of carbonyl (C=O) groups is 1. The molecule has 1 amide bonds. The van der Waals surface area contributed by atoms with Gasteiger partial charge < -0.3 is 25.4 Å². The third-order valence-electron chi connectivity index (χ3n) is 13.1. The van der Waals surface area contributed by atoms with E-state index in [1.54, 1.807) is 0 Å². The molecule has 16 heteroatoms. The molecular weight excluding hydrogens is 753 g/mol. The monoisotopic (exact) mass is 792 g/mol. The predicted molar refractivity (Wildman–Crippen MR) is 203 cm³/mol. The molecule has 5 aliphatic heterocycles. The smallest absolute Gasteiger partial charge is 0.319 e. The van der Waals surface area contributed by atoms with E-state index in [1.807, 2.05) is 6.07 Å². The molecule has 5 fully saturated rings. The zero-order valence-corrected chi connectivity index (χ0v) is 31.8. The van der Waals surface area contributed by atoms with Gasteiger partial charge >= 0.3 is 6.01 Å². The molecule has 11 nitrogen and oxygen atoms in total. The molecule has 1 saturated carbocycles. The second-order valence-electron chi connectivity index (χ2n) is 16.5. The summed E-state index contributed by atoms with van der Waals surface area (Å²) in [5.74, 6) is -0.837. The molecule has 1 aliphatic carbocycles. The number of nitriles is 1. The highest BCUT2D eigenvalue weighted by Crippen LogP contribution is 2.54. The quantitative estimate of drug-likeness (QED) is 0.184. The van der Waals surface area contributed by atoms with E-state index < -0.39 is 23.3 Å². The number of nitrogens with one attached hydrogen (secondary N) is 2. The van der Waals surface area contributed by atoms with E-state index in [2.05, 4.69) is 32.3 Å². The van der Waals surface area contributed by atoms with Crippen LogP contribution < -0.4 is 30.7 Å². The van der Waals surface area contributed by atoms with Crippen LogP contribution in [0.3, 0.4) is 0 Å². The van der Waals surface area contributed by atoms with Crippen LogP contribution in [0.2, 0.25) is 5.02 Å². The normalized spacial score (nSPS) is 29.2. The predicted octanol–water partition coefficient (Wildman–Crippen LogP) is 6.23. The molecule has 6 aliphatic rings. The zero-order chi connectivity index (χ0) is 38.0. The van der Waals surface area contributed by atoms with E-state index in [0.717, 1.165) is 43.6 Å². The summed E-state index contributed by atoms with van der Waals surface area (Å²) in [7, 11) is 0. The summed E-state index contributed by atoms with van der Waals surface area (Å²) in [5.41, 5.74) is 5.83. The first-order chi connectivity index (χ1) is 26.5. The number of ether oxygens (including phenoxy) is 2. The van der Waals surface area contributed by atoms with Crippen molar-refractivity contribution in [2.45, 2.75) is 94.2 Å². The Hall–Kier alpha value is -4.10. The number of hydrogen-bond acceptors (Lipinski definition) is 11. The first-order valence-corrected chi connectivity index (χ1v) is 20.3. The maximum absolute atomic E-state index is 17.4. The molecule has 4 aromatic rings. The largest absolute Gasteiger partial charge is 0.491 e. The number of piperidine rings is 1. The Balaban J connectivity index is 1.07. The first-order valence-electron chi connectivity index (χ1n) is 19.1. The second-order valence-corrected chi connectivity index (χ2v) is 17.9. The zero-order valence-electron chi connectivity index (χ0n) is 30.2. The first kappa shape index (κ1) is 35.3. The van der Waals surface area contributed by atoms with Gasteiger partial charge in [-0.1, -0.05) is 24.6 Å². The molecule has 4 saturated heterocycles. The summed E-state index contributed by atoms with van der Waals surface area (Å²) in [6.07, 6.45) is 5.13. The van der Waals surface area contributed by atoms with Crippen LogP contribution >= 0.6 is 22.9 Å². The molecule has 2 unspecified atom stereocenters. The number of carbonyl (C=O) groups excluding carboxylic acids is 1. The fourth-order valence-electron chi connectivity index (χ4n) is 9.83. The van der Waals surface area contributed by atoms with Gasteiger partial charge in [0.2, 0.25) is 5.91 Å². The minimum atomic E-state index is -0.963. The number of hydrogen-bond donors (Lipinski definition) is 3. The number of nitrogens with zero attached hydrogens (tertiary/aromatic N) is 5. The van der Waals surface area contributed by atoms with Gasteiger partial charge in [-0.2, -0.15) is 15.2 Å². The fourth-order valence-corrected chi connectivity index (χ4v) is 11.1. The van der Waals surface area contributed by atoms with Gasteiger partial charge in [0.25, 0.3) is 0 Å². The Bertz CT molecular complexity index is 2340. The van der Waals surface area contributed by atoms with Crippen LogP contribution in [0, 0.1) is 28.4 Å². The molecule has 288 valence electrons. The SMILES string of the molecule is CC1([C@@H]2N[C@H]2C(=O)NC2CCN3c4nc(OC[C@@]56CCCN5C[C@H](F)C6)nc5c(F)c(-c6ccc(F)c7sc(N)c(C#N)c67)c(Cl)c(c45)OCCC3C2)CC1. The van der Waals surface area contributed by atoms with Crippen LogP contribution in [0.4, 0.5) is 24.0 Å². The van der Waals surface area contributed by atoms with Crippen molar-refractivity contribution < 1.29 is 27.4 Å². The Labute approximate surface area is 324 Å². The number of anilines is 2. The third kappa shape index (κ3) is 5.61. The maximum atomic E-state index is 17.4. The number of alkyl halides is 1. The summed E-state index contributed by atoms with van der Waals surface area (Å²) in [5, 5.41) is 17.1. The van der Waals surface area contributed by atoms with Gasteiger partial charge in [-0.15, -0.1) is 11.3 Å². The summed E-state index contributed by atoms with van der Waals surface area (Å²) in [4.78, 5) is 27.1. The van der Waals surface area contributed by atoms with Crippen molar-refractivity contribution in [2.75, 3.05) is 43.5 Å². The van der Waals surface area contributed by atoms with Gasteiger partial charge in [0, 0.05) is 55.0 Å². The molecule has 2 aromatic carbocycles. The number of nitrogens with two attached hydrogens (primary N) is 1. The second kappa shape index (κ2) is 12.7. The van der Waals surface area contributed by atoms with Crippen LogP contribution in [-0.2, 0) is 4.79 Å². The lowest BCUT2D eigenvalue weighted by Crippen LogP contribution is -2.52. The third-order valence-corrected chi connectivity index (χ3v) is 14.4. The number of nitrogen functional groups attached to an aromatic ring is 1. The lowest BCUT2D eigenvalue weighted by atomic mass is 9.92. The minimum Gasteiger partial charge on any atom is -0.491 e. The van der Waals surface area contributed by atoms with Crippen LogP contribution in [0.15, 0.2) is 12.1 Å². The van der Waals surface area contributed by atoms with E-state index in [4.69, 9.17) is 31.8 Å². The van der Waals surface area contributed by atoms with Crippen molar-refractivity contribution in [2.24, 2.45) is 5.41 Å². The number of benzene rings is 2. The van der Waals surface area contributed by atoms with Crippen molar-refractivity contribution in [3.05, 3.63) is 34.4 Å². The van der Waals surface area contributed by atoms with Gasteiger partial charge in [0.15, 0.2) is 11.6 Å². The van der Waals surface area contributed by atoms with Crippen molar-refractivity contribution in [3.63, 3.8) is 0 Å². The molecule has 2 aromatic heterocycles. The molecule has 0 radical (unpaired) electrons. The Morgan fingerprint density at radius 3 is 2.87 bits per heavy atom.